The van der Waals surface area contributed by atoms with Gasteiger partial charge >= 0.3 is 0 Å². The smallest absolute Gasteiger partial charge is 0.0962 e. The number of benzene rings is 1. The minimum absolute atomic E-state index is 0.360. The zero-order chi connectivity index (χ0) is 15.3. The number of aliphatic hydroxyl groups is 3. The maximum Gasteiger partial charge on any atom is 0.0962 e. The van der Waals surface area contributed by atoms with Gasteiger partial charge in [-0.3, -0.25) is 0 Å². The van der Waals surface area contributed by atoms with E-state index in [1.807, 2.05) is 36.4 Å². The highest BCUT2D eigenvalue weighted by Gasteiger charge is 2.25. The average Bonchev–Trinajstić information content (AvgIpc) is 2.52. The summed E-state index contributed by atoms with van der Waals surface area (Å²) in [6.07, 6.45) is 7.76. The highest BCUT2D eigenvalue weighted by Crippen LogP contribution is 2.30. The topological polar surface area (TPSA) is 86.7 Å². The summed E-state index contributed by atoms with van der Waals surface area (Å²) in [6.45, 7) is -0.360. The van der Waals surface area contributed by atoms with Crippen LogP contribution in [0.25, 0.3) is 6.08 Å². The Hall–Kier alpha value is -1.20. The van der Waals surface area contributed by atoms with E-state index in [1.165, 1.54) is 6.42 Å². The summed E-state index contributed by atoms with van der Waals surface area (Å²) >= 11 is 0. The lowest BCUT2D eigenvalue weighted by Gasteiger charge is -2.28. The lowest BCUT2D eigenvalue weighted by Crippen LogP contribution is -2.29. The largest absolute Gasteiger partial charge is 0.394 e. The van der Waals surface area contributed by atoms with Gasteiger partial charge in [-0.1, -0.05) is 55.7 Å². The normalized spacial score (nSPS) is 21.3. The van der Waals surface area contributed by atoms with Crippen LogP contribution >= 0.6 is 0 Å². The Morgan fingerprint density at radius 1 is 1.24 bits per heavy atom. The third-order valence-electron chi connectivity index (χ3n) is 4.20. The van der Waals surface area contributed by atoms with E-state index in [4.69, 9.17) is 10.8 Å². The SMILES string of the molecule is NC(c1cccc(C=CC2(O)CCCCC2)c1)[C@@H](O)CO. The summed E-state index contributed by atoms with van der Waals surface area (Å²) in [5.74, 6) is 0. The van der Waals surface area contributed by atoms with Crippen molar-refractivity contribution in [1.29, 1.82) is 0 Å². The van der Waals surface area contributed by atoms with Crippen LogP contribution in [0.2, 0.25) is 0 Å². The molecule has 1 aromatic carbocycles. The molecule has 1 aliphatic rings. The number of nitrogens with two attached hydrogens (primary N) is 1. The molecule has 4 nitrogen and oxygen atoms in total. The molecule has 2 atom stereocenters. The monoisotopic (exact) mass is 291 g/mol. The predicted octanol–water partition coefficient (Wildman–Crippen LogP) is 1.75. The van der Waals surface area contributed by atoms with E-state index in [2.05, 4.69) is 0 Å². The molecule has 1 fully saturated rings. The van der Waals surface area contributed by atoms with Gasteiger partial charge in [-0.15, -0.1) is 0 Å². The zero-order valence-electron chi connectivity index (χ0n) is 12.3. The molecule has 0 aliphatic heterocycles. The fourth-order valence-corrected chi connectivity index (χ4v) is 2.79. The molecule has 116 valence electrons. The standard InChI is InChI=1S/C17H25NO3/c18-16(15(20)12-19)14-6-4-5-13(11-14)7-10-17(21)8-2-1-3-9-17/h4-7,10-11,15-16,19-21H,1-3,8-9,12,18H2/t15-,16?/m0/s1. The molecule has 2 rings (SSSR count). The van der Waals surface area contributed by atoms with E-state index in [9.17, 15) is 10.2 Å². The Kier molecular flexibility index (Phi) is 5.53. The van der Waals surface area contributed by atoms with Gasteiger partial charge in [0.2, 0.25) is 0 Å². The second kappa shape index (κ2) is 7.18. The van der Waals surface area contributed by atoms with E-state index in [0.717, 1.165) is 36.8 Å². The van der Waals surface area contributed by atoms with Crippen molar-refractivity contribution in [1.82, 2.24) is 0 Å². The second-order valence-corrected chi connectivity index (χ2v) is 5.94. The van der Waals surface area contributed by atoms with Crippen LogP contribution in [0.15, 0.2) is 30.3 Å². The minimum Gasteiger partial charge on any atom is -0.394 e. The van der Waals surface area contributed by atoms with Gasteiger partial charge in [-0.05, 0) is 24.0 Å². The summed E-state index contributed by atoms with van der Waals surface area (Å²) in [7, 11) is 0. The van der Waals surface area contributed by atoms with E-state index in [1.54, 1.807) is 0 Å². The molecule has 1 aromatic rings. The van der Waals surface area contributed by atoms with Crippen LogP contribution < -0.4 is 5.73 Å². The number of hydrogen-bond acceptors (Lipinski definition) is 4. The van der Waals surface area contributed by atoms with Crippen LogP contribution in [0.3, 0.4) is 0 Å². The average molecular weight is 291 g/mol. The van der Waals surface area contributed by atoms with Crippen molar-refractivity contribution in [2.75, 3.05) is 6.61 Å². The van der Waals surface area contributed by atoms with E-state index in [0.29, 0.717) is 0 Å². The summed E-state index contributed by atoms with van der Waals surface area (Å²) in [5, 5.41) is 29.0. The molecular formula is C17H25NO3. The first-order valence-corrected chi connectivity index (χ1v) is 7.60. The van der Waals surface area contributed by atoms with Crippen molar-refractivity contribution >= 4 is 6.08 Å². The Bertz CT molecular complexity index is 481. The van der Waals surface area contributed by atoms with Crippen molar-refractivity contribution in [2.24, 2.45) is 5.73 Å². The van der Waals surface area contributed by atoms with Gasteiger partial charge in [0.15, 0.2) is 0 Å². The van der Waals surface area contributed by atoms with Crippen LogP contribution in [-0.2, 0) is 0 Å². The molecule has 0 saturated heterocycles. The van der Waals surface area contributed by atoms with Gasteiger partial charge in [0.1, 0.15) is 0 Å². The van der Waals surface area contributed by atoms with Crippen molar-refractivity contribution in [2.45, 2.75) is 49.9 Å². The molecule has 5 N–H and O–H groups in total. The Morgan fingerprint density at radius 3 is 2.62 bits per heavy atom. The fourth-order valence-electron chi connectivity index (χ4n) is 2.79. The maximum atomic E-state index is 10.5. The van der Waals surface area contributed by atoms with Crippen molar-refractivity contribution in [3.8, 4) is 0 Å². The lowest BCUT2D eigenvalue weighted by molar-refractivity contribution is 0.0521. The minimum atomic E-state index is -0.966. The van der Waals surface area contributed by atoms with Crippen molar-refractivity contribution in [3.05, 3.63) is 41.5 Å². The highest BCUT2D eigenvalue weighted by molar-refractivity contribution is 5.52. The maximum absolute atomic E-state index is 10.5. The fraction of sp³-hybridized carbons (Fsp3) is 0.529. The molecule has 0 amide bonds. The van der Waals surface area contributed by atoms with Crippen molar-refractivity contribution < 1.29 is 15.3 Å². The molecule has 0 spiro atoms. The molecule has 0 bridgehead atoms. The molecule has 21 heavy (non-hydrogen) atoms. The van der Waals surface area contributed by atoms with Crippen molar-refractivity contribution in [3.63, 3.8) is 0 Å². The van der Waals surface area contributed by atoms with E-state index >= 15 is 0 Å². The summed E-state index contributed by atoms with van der Waals surface area (Å²) < 4.78 is 0. The summed E-state index contributed by atoms with van der Waals surface area (Å²) in [5.41, 5.74) is 6.92. The van der Waals surface area contributed by atoms with E-state index < -0.39 is 17.7 Å². The molecule has 4 heteroatoms. The van der Waals surface area contributed by atoms with Gasteiger partial charge in [-0.2, -0.15) is 0 Å². The summed E-state index contributed by atoms with van der Waals surface area (Å²) in [6, 6.07) is 6.90. The number of aliphatic hydroxyl groups excluding tert-OH is 2. The number of hydrogen-bond donors (Lipinski definition) is 4. The van der Waals surface area contributed by atoms with Crippen LogP contribution in [0.4, 0.5) is 0 Å². The quantitative estimate of drug-likeness (QED) is 0.665. The molecular weight excluding hydrogens is 266 g/mol. The lowest BCUT2D eigenvalue weighted by atomic mass is 9.84. The number of rotatable bonds is 5. The highest BCUT2D eigenvalue weighted by atomic mass is 16.3. The first-order chi connectivity index (χ1) is 10.0. The molecule has 0 aromatic heterocycles. The molecule has 0 heterocycles. The van der Waals surface area contributed by atoms with E-state index in [-0.39, 0.29) is 6.61 Å². The molecule has 0 radical (unpaired) electrons. The first kappa shape index (κ1) is 16.2. The Morgan fingerprint density at radius 2 is 1.95 bits per heavy atom. The summed E-state index contributed by atoms with van der Waals surface area (Å²) in [4.78, 5) is 0. The van der Waals surface area contributed by atoms with Gasteiger partial charge in [-0.25, -0.2) is 0 Å². The first-order valence-electron chi connectivity index (χ1n) is 7.60. The van der Waals surface area contributed by atoms with Gasteiger partial charge < -0.3 is 21.1 Å². The van der Waals surface area contributed by atoms with Crippen LogP contribution in [0.5, 0.6) is 0 Å². The molecule has 1 unspecified atom stereocenters. The molecule has 1 saturated carbocycles. The van der Waals surface area contributed by atoms with Crippen LogP contribution in [0, 0.1) is 0 Å². The van der Waals surface area contributed by atoms with Crippen LogP contribution in [0.1, 0.15) is 49.3 Å². The predicted molar refractivity (Wildman–Crippen MR) is 83.5 cm³/mol. The van der Waals surface area contributed by atoms with Gasteiger partial charge in [0, 0.05) is 0 Å². The van der Waals surface area contributed by atoms with Gasteiger partial charge in [0.05, 0.1) is 24.4 Å². The zero-order valence-corrected chi connectivity index (χ0v) is 12.3. The van der Waals surface area contributed by atoms with Gasteiger partial charge in [0.25, 0.3) is 0 Å². The molecule has 1 aliphatic carbocycles. The second-order valence-electron chi connectivity index (χ2n) is 5.94. The Balaban J connectivity index is 2.10. The third-order valence-corrected chi connectivity index (χ3v) is 4.20. The Labute approximate surface area is 125 Å². The third kappa shape index (κ3) is 4.38. The van der Waals surface area contributed by atoms with Crippen LogP contribution in [-0.4, -0.2) is 33.6 Å².